The van der Waals surface area contributed by atoms with Crippen molar-refractivity contribution in [2.45, 2.75) is 64.3 Å². The summed E-state index contributed by atoms with van der Waals surface area (Å²) < 4.78 is 15.8. The molecule has 1 N–H and O–H groups in total. The Bertz CT molecular complexity index is 870. The normalized spacial score (nSPS) is 23.7. The zero-order chi connectivity index (χ0) is 21.1. The Morgan fingerprint density at radius 1 is 1.41 bits per heavy atom. The molecule has 1 fully saturated rings. The summed E-state index contributed by atoms with van der Waals surface area (Å²) in [7, 11) is 0. The molecular weight excluding hydrogens is 455 g/mol. The number of thioether (sulfide) groups is 1. The second-order valence-electron chi connectivity index (χ2n) is 7.29. The molecule has 3 rings (SSSR count). The Kier molecular flexibility index (Phi) is 7.51. The van der Waals surface area contributed by atoms with E-state index in [0.29, 0.717) is 39.0 Å². The smallest absolute Gasteiger partial charge is 0.190 e. The van der Waals surface area contributed by atoms with Crippen LogP contribution in [0, 0.1) is 0 Å². The number of fused-ring (bicyclic) bond motifs is 1. The summed E-state index contributed by atoms with van der Waals surface area (Å²) in [5, 5.41) is 10.8. The van der Waals surface area contributed by atoms with Gasteiger partial charge < -0.3 is 10.0 Å². The SMILES string of the molecule is C/C=C1\C(=NC(C)CC)C(Br)=C(F)c2nc(SCC)nc(N3CCCC(O)C3)c21. The zero-order valence-electron chi connectivity index (χ0n) is 17.4. The monoisotopic (exact) mass is 482 g/mol. The van der Waals surface area contributed by atoms with Crippen LogP contribution in [0.25, 0.3) is 11.4 Å². The van der Waals surface area contributed by atoms with Gasteiger partial charge in [-0.15, -0.1) is 0 Å². The number of rotatable bonds is 5. The zero-order valence-corrected chi connectivity index (χ0v) is 19.8. The van der Waals surface area contributed by atoms with E-state index < -0.39 is 11.9 Å². The summed E-state index contributed by atoms with van der Waals surface area (Å²) in [5.41, 5.74) is 2.40. The van der Waals surface area contributed by atoms with Gasteiger partial charge in [-0.1, -0.05) is 31.7 Å². The van der Waals surface area contributed by atoms with Gasteiger partial charge in [-0.3, -0.25) is 4.99 Å². The van der Waals surface area contributed by atoms with Crippen molar-refractivity contribution in [1.82, 2.24) is 9.97 Å². The Morgan fingerprint density at radius 2 is 2.17 bits per heavy atom. The Labute approximate surface area is 184 Å². The number of hydrogen-bond acceptors (Lipinski definition) is 6. The minimum atomic E-state index is -0.410. The lowest BCUT2D eigenvalue weighted by molar-refractivity contribution is 0.153. The Hall–Kier alpha value is -1.25. The topological polar surface area (TPSA) is 61.6 Å². The molecule has 158 valence electrons. The third-order valence-electron chi connectivity index (χ3n) is 5.20. The quantitative estimate of drug-likeness (QED) is 0.459. The lowest BCUT2D eigenvalue weighted by Gasteiger charge is -2.34. The minimum absolute atomic E-state index is 0.0675. The van der Waals surface area contributed by atoms with Gasteiger partial charge in [0.15, 0.2) is 11.0 Å². The maximum absolute atomic E-state index is 15.5. The molecule has 1 aliphatic heterocycles. The molecule has 0 saturated carbocycles. The van der Waals surface area contributed by atoms with Crippen molar-refractivity contribution in [3.05, 3.63) is 21.8 Å². The molecule has 1 aliphatic carbocycles. The second-order valence-corrected chi connectivity index (χ2v) is 9.32. The number of anilines is 1. The fourth-order valence-corrected chi connectivity index (χ4v) is 4.64. The number of piperidine rings is 1. The summed E-state index contributed by atoms with van der Waals surface area (Å²) in [6, 6.07) is 0.0675. The first kappa shape index (κ1) is 22.4. The van der Waals surface area contributed by atoms with E-state index in [0.717, 1.165) is 37.1 Å². The highest BCUT2D eigenvalue weighted by molar-refractivity contribution is 9.12. The van der Waals surface area contributed by atoms with E-state index in [1.165, 1.54) is 11.8 Å². The highest BCUT2D eigenvalue weighted by Crippen LogP contribution is 2.44. The maximum Gasteiger partial charge on any atom is 0.190 e. The lowest BCUT2D eigenvalue weighted by atomic mass is 9.92. The molecule has 8 heteroatoms. The number of aliphatic hydroxyl groups excluding tert-OH is 1. The summed E-state index contributed by atoms with van der Waals surface area (Å²) in [5.74, 6) is 1.07. The predicted octanol–water partition coefficient (Wildman–Crippen LogP) is 5.24. The van der Waals surface area contributed by atoms with Crippen molar-refractivity contribution in [3.8, 4) is 0 Å². The molecule has 1 aromatic rings. The van der Waals surface area contributed by atoms with Gasteiger partial charge in [0, 0.05) is 24.7 Å². The largest absolute Gasteiger partial charge is 0.391 e. The molecule has 2 heterocycles. The summed E-state index contributed by atoms with van der Waals surface area (Å²) in [6.07, 6.45) is 4.06. The van der Waals surface area contributed by atoms with Crippen LogP contribution in [0.5, 0.6) is 0 Å². The van der Waals surface area contributed by atoms with Gasteiger partial charge in [0.25, 0.3) is 0 Å². The average molecular weight is 483 g/mol. The first-order chi connectivity index (χ1) is 13.9. The number of hydrogen-bond donors (Lipinski definition) is 1. The average Bonchev–Trinajstić information content (AvgIpc) is 2.72. The molecule has 0 radical (unpaired) electrons. The molecule has 0 amide bonds. The molecule has 0 spiro atoms. The second kappa shape index (κ2) is 9.71. The van der Waals surface area contributed by atoms with Gasteiger partial charge in [0.2, 0.25) is 0 Å². The van der Waals surface area contributed by atoms with E-state index in [1.54, 1.807) is 0 Å². The van der Waals surface area contributed by atoms with E-state index >= 15 is 4.39 Å². The summed E-state index contributed by atoms with van der Waals surface area (Å²) in [6.45, 7) is 9.30. The number of nitrogens with zero attached hydrogens (tertiary/aromatic N) is 4. The van der Waals surface area contributed by atoms with Crippen LogP contribution in [0.15, 0.2) is 20.7 Å². The summed E-state index contributed by atoms with van der Waals surface area (Å²) >= 11 is 4.92. The van der Waals surface area contributed by atoms with Gasteiger partial charge in [-0.05, 0) is 54.8 Å². The molecule has 29 heavy (non-hydrogen) atoms. The van der Waals surface area contributed by atoms with Crippen LogP contribution < -0.4 is 4.90 Å². The van der Waals surface area contributed by atoms with Crippen molar-refractivity contribution < 1.29 is 9.50 Å². The third kappa shape index (κ3) is 4.59. The number of β-amino-alcohol motifs (C(OH)–C–C–N with tert-alkyl or cyclic N) is 1. The fraction of sp³-hybridized carbons (Fsp3) is 0.571. The van der Waals surface area contributed by atoms with Gasteiger partial charge >= 0.3 is 0 Å². The van der Waals surface area contributed by atoms with Gasteiger partial charge in [-0.2, -0.15) is 0 Å². The van der Waals surface area contributed by atoms with Crippen LogP contribution >= 0.6 is 27.7 Å². The molecule has 2 aliphatic rings. The third-order valence-corrected chi connectivity index (χ3v) is 6.65. The van der Waals surface area contributed by atoms with E-state index in [9.17, 15) is 5.11 Å². The molecule has 5 nitrogen and oxygen atoms in total. The minimum Gasteiger partial charge on any atom is -0.391 e. The molecule has 0 bridgehead atoms. The van der Waals surface area contributed by atoms with Crippen LogP contribution in [0.1, 0.15) is 58.2 Å². The van der Waals surface area contributed by atoms with E-state index in [2.05, 4.69) is 32.7 Å². The predicted molar refractivity (Wildman–Crippen MR) is 124 cm³/mol. The molecule has 1 saturated heterocycles. The number of aliphatic hydroxyl groups is 1. The fourth-order valence-electron chi connectivity index (χ4n) is 3.57. The number of allylic oxidation sites excluding steroid dienone is 3. The lowest BCUT2D eigenvalue weighted by Crippen LogP contribution is -2.39. The van der Waals surface area contributed by atoms with Crippen LogP contribution in [-0.4, -0.2) is 51.8 Å². The van der Waals surface area contributed by atoms with Crippen molar-refractivity contribution in [2.75, 3.05) is 23.7 Å². The van der Waals surface area contributed by atoms with Gasteiger partial charge in [0.1, 0.15) is 11.5 Å². The van der Waals surface area contributed by atoms with Crippen LogP contribution in [0.2, 0.25) is 0 Å². The van der Waals surface area contributed by atoms with E-state index in [1.807, 2.05) is 26.8 Å². The van der Waals surface area contributed by atoms with Crippen LogP contribution in [-0.2, 0) is 0 Å². The highest BCUT2D eigenvalue weighted by Gasteiger charge is 2.34. The molecule has 0 aromatic carbocycles. The standard InChI is InChI=1S/C21H28BrFN4OS/c1-5-12(4)24-18-14(6-2)15-19(17(23)16(18)22)25-21(29-7-3)26-20(15)27-10-8-9-13(28)11-27/h6,12-13,28H,5,7-11H2,1-4H3/b14-6-,24-18?. The highest BCUT2D eigenvalue weighted by atomic mass is 79.9. The van der Waals surface area contributed by atoms with Gasteiger partial charge in [0.05, 0.1) is 21.9 Å². The number of aromatic nitrogens is 2. The number of aliphatic imine (C=N–C) groups is 1. The van der Waals surface area contributed by atoms with E-state index in [-0.39, 0.29) is 6.04 Å². The van der Waals surface area contributed by atoms with Crippen molar-refractivity contribution in [1.29, 1.82) is 0 Å². The van der Waals surface area contributed by atoms with Gasteiger partial charge in [-0.25, -0.2) is 14.4 Å². The molecule has 2 unspecified atom stereocenters. The Balaban J connectivity index is 2.25. The molecule has 1 aromatic heterocycles. The van der Waals surface area contributed by atoms with Crippen molar-refractivity contribution in [2.24, 2.45) is 4.99 Å². The summed E-state index contributed by atoms with van der Waals surface area (Å²) in [4.78, 5) is 16.2. The molecule has 2 atom stereocenters. The first-order valence-electron chi connectivity index (χ1n) is 10.2. The maximum atomic E-state index is 15.5. The molecular formula is C21H28BrFN4OS. The van der Waals surface area contributed by atoms with Crippen LogP contribution in [0.4, 0.5) is 10.2 Å². The van der Waals surface area contributed by atoms with E-state index in [4.69, 9.17) is 9.98 Å². The number of halogens is 2. The van der Waals surface area contributed by atoms with Crippen molar-refractivity contribution >= 4 is 50.6 Å². The van der Waals surface area contributed by atoms with Crippen LogP contribution in [0.3, 0.4) is 0 Å². The van der Waals surface area contributed by atoms with Crippen molar-refractivity contribution in [3.63, 3.8) is 0 Å². The first-order valence-corrected chi connectivity index (χ1v) is 12.0. The Morgan fingerprint density at radius 3 is 2.79 bits per heavy atom.